The van der Waals surface area contributed by atoms with Gasteiger partial charge < -0.3 is 9.80 Å². The number of hydrogen-bond acceptors (Lipinski definition) is 4. The Morgan fingerprint density at radius 1 is 1.22 bits per heavy atom. The molecule has 1 aromatic carbocycles. The van der Waals surface area contributed by atoms with Gasteiger partial charge in [-0.1, -0.05) is 11.6 Å². The number of benzene rings is 1. The molecule has 3 heterocycles. The van der Waals surface area contributed by atoms with Crippen LogP contribution in [0.3, 0.4) is 0 Å². The number of carbonyl (C=O) groups is 1. The number of aryl methyl sites for hydroxylation is 1. The number of rotatable bonds is 2. The predicted molar refractivity (Wildman–Crippen MR) is 88.6 cm³/mol. The van der Waals surface area contributed by atoms with Crippen molar-refractivity contribution in [1.82, 2.24) is 14.9 Å². The Hall–Kier alpha value is -2.14. The molecule has 0 aliphatic carbocycles. The average molecular weight is 329 g/mol. The van der Waals surface area contributed by atoms with E-state index < -0.39 is 0 Å². The van der Waals surface area contributed by atoms with Crippen molar-refractivity contribution in [1.29, 1.82) is 0 Å². The zero-order valence-electron chi connectivity index (χ0n) is 12.9. The van der Waals surface area contributed by atoms with Crippen LogP contribution in [0.25, 0.3) is 0 Å². The van der Waals surface area contributed by atoms with Gasteiger partial charge in [-0.25, -0.2) is 9.97 Å². The number of carbonyl (C=O) groups excluding carboxylic acids is 1. The van der Waals surface area contributed by atoms with Gasteiger partial charge in [0.1, 0.15) is 12.1 Å². The molecular weight excluding hydrogens is 312 g/mol. The summed E-state index contributed by atoms with van der Waals surface area (Å²) < 4.78 is 0. The van der Waals surface area contributed by atoms with Gasteiger partial charge in [0, 0.05) is 29.2 Å². The van der Waals surface area contributed by atoms with E-state index in [-0.39, 0.29) is 5.91 Å². The molecule has 0 N–H and O–H groups in total. The van der Waals surface area contributed by atoms with Crippen molar-refractivity contribution < 1.29 is 4.79 Å². The smallest absolute Gasteiger partial charge is 0.254 e. The molecule has 2 aliphatic heterocycles. The number of amides is 1. The van der Waals surface area contributed by atoms with E-state index in [9.17, 15) is 4.79 Å². The number of aromatic nitrogens is 2. The lowest BCUT2D eigenvalue weighted by Crippen LogP contribution is -2.38. The van der Waals surface area contributed by atoms with E-state index in [0.29, 0.717) is 23.7 Å². The molecule has 0 saturated carbocycles. The zero-order valence-corrected chi connectivity index (χ0v) is 13.7. The SMILES string of the molecule is Cc1cc(C(=O)N2Cc3ncnc(N4CCC4)c3C2)ccc1Cl. The first kappa shape index (κ1) is 14.5. The Labute approximate surface area is 139 Å². The summed E-state index contributed by atoms with van der Waals surface area (Å²) in [5.74, 6) is 1.00. The van der Waals surface area contributed by atoms with Gasteiger partial charge >= 0.3 is 0 Å². The van der Waals surface area contributed by atoms with Crippen LogP contribution in [0.1, 0.15) is 33.6 Å². The van der Waals surface area contributed by atoms with Crippen LogP contribution in [0.15, 0.2) is 24.5 Å². The van der Waals surface area contributed by atoms with Crippen LogP contribution in [0, 0.1) is 6.92 Å². The molecule has 2 aromatic rings. The molecule has 4 rings (SSSR count). The normalized spacial score (nSPS) is 16.3. The first-order valence-corrected chi connectivity index (χ1v) is 8.14. The standard InChI is InChI=1S/C17H17ClN4O/c1-11-7-12(3-4-14(11)18)17(23)22-8-13-15(9-22)19-10-20-16(13)21-5-2-6-21/h3-4,7,10H,2,5-6,8-9H2,1H3. The van der Waals surface area contributed by atoms with Gasteiger partial charge in [0.25, 0.3) is 5.91 Å². The van der Waals surface area contributed by atoms with E-state index in [2.05, 4.69) is 14.9 Å². The van der Waals surface area contributed by atoms with E-state index in [1.165, 1.54) is 6.42 Å². The van der Waals surface area contributed by atoms with Crippen LogP contribution in [-0.2, 0) is 13.1 Å². The molecule has 6 heteroatoms. The summed E-state index contributed by atoms with van der Waals surface area (Å²) in [6, 6.07) is 5.40. The monoisotopic (exact) mass is 328 g/mol. The quantitative estimate of drug-likeness (QED) is 0.850. The summed E-state index contributed by atoms with van der Waals surface area (Å²) in [6.07, 6.45) is 2.80. The minimum absolute atomic E-state index is 0.0114. The Bertz CT molecular complexity index is 788. The van der Waals surface area contributed by atoms with Crippen molar-refractivity contribution in [3.63, 3.8) is 0 Å². The highest BCUT2D eigenvalue weighted by atomic mass is 35.5. The minimum Gasteiger partial charge on any atom is -0.356 e. The van der Waals surface area contributed by atoms with Gasteiger partial charge in [-0.05, 0) is 37.1 Å². The topological polar surface area (TPSA) is 49.3 Å². The Kier molecular flexibility index (Phi) is 3.45. The second-order valence-corrected chi connectivity index (χ2v) is 6.50. The van der Waals surface area contributed by atoms with Crippen molar-refractivity contribution >= 4 is 23.3 Å². The van der Waals surface area contributed by atoms with Crippen LogP contribution >= 0.6 is 11.6 Å². The molecule has 1 fully saturated rings. The van der Waals surface area contributed by atoms with Crippen LogP contribution in [0.4, 0.5) is 5.82 Å². The maximum absolute atomic E-state index is 12.8. The van der Waals surface area contributed by atoms with Crippen molar-refractivity contribution in [3.05, 3.63) is 51.9 Å². The van der Waals surface area contributed by atoms with Gasteiger partial charge in [-0.2, -0.15) is 0 Å². The third kappa shape index (κ3) is 2.45. The zero-order chi connectivity index (χ0) is 16.0. The average Bonchev–Trinajstić information content (AvgIpc) is 2.92. The lowest BCUT2D eigenvalue weighted by molar-refractivity contribution is 0.0750. The highest BCUT2D eigenvalue weighted by molar-refractivity contribution is 6.31. The van der Waals surface area contributed by atoms with Crippen LogP contribution in [0.2, 0.25) is 5.02 Å². The maximum Gasteiger partial charge on any atom is 0.254 e. The van der Waals surface area contributed by atoms with E-state index in [1.807, 2.05) is 17.9 Å². The lowest BCUT2D eigenvalue weighted by atomic mass is 10.1. The fourth-order valence-electron chi connectivity index (χ4n) is 3.07. The van der Waals surface area contributed by atoms with Gasteiger partial charge in [-0.15, -0.1) is 0 Å². The van der Waals surface area contributed by atoms with E-state index in [0.717, 1.165) is 35.7 Å². The molecule has 1 aromatic heterocycles. The first-order valence-electron chi connectivity index (χ1n) is 7.76. The number of hydrogen-bond donors (Lipinski definition) is 0. The van der Waals surface area contributed by atoms with E-state index in [4.69, 9.17) is 11.6 Å². The second kappa shape index (κ2) is 5.49. The number of anilines is 1. The number of halogens is 1. The third-order valence-electron chi connectivity index (χ3n) is 4.55. The lowest BCUT2D eigenvalue weighted by Gasteiger charge is -2.33. The van der Waals surface area contributed by atoms with Gasteiger partial charge in [0.05, 0.1) is 18.8 Å². The molecule has 0 radical (unpaired) electrons. The van der Waals surface area contributed by atoms with Crippen LogP contribution < -0.4 is 4.90 Å². The fraction of sp³-hybridized carbons (Fsp3) is 0.353. The summed E-state index contributed by atoms with van der Waals surface area (Å²) in [4.78, 5) is 25.6. The molecule has 0 bridgehead atoms. The summed E-state index contributed by atoms with van der Waals surface area (Å²) >= 11 is 6.05. The Morgan fingerprint density at radius 2 is 2.04 bits per heavy atom. The summed E-state index contributed by atoms with van der Waals surface area (Å²) in [5, 5.41) is 0.678. The molecule has 1 saturated heterocycles. The molecule has 0 atom stereocenters. The van der Waals surface area contributed by atoms with Crippen molar-refractivity contribution in [2.24, 2.45) is 0 Å². The molecule has 0 unspecified atom stereocenters. The second-order valence-electron chi connectivity index (χ2n) is 6.09. The summed E-state index contributed by atoms with van der Waals surface area (Å²) in [7, 11) is 0. The highest BCUT2D eigenvalue weighted by Crippen LogP contribution is 2.31. The number of fused-ring (bicyclic) bond motifs is 1. The van der Waals surface area contributed by atoms with E-state index in [1.54, 1.807) is 18.5 Å². The summed E-state index contributed by atoms with van der Waals surface area (Å²) in [5.41, 5.74) is 3.63. The van der Waals surface area contributed by atoms with Gasteiger partial charge in [0.2, 0.25) is 0 Å². The molecule has 1 amide bonds. The van der Waals surface area contributed by atoms with Crippen molar-refractivity contribution in [2.45, 2.75) is 26.4 Å². The van der Waals surface area contributed by atoms with Crippen LogP contribution in [-0.4, -0.2) is 33.9 Å². The summed E-state index contributed by atoms with van der Waals surface area (Å²) in [6.45, 7) is 5.09. The highest BCUT2D eigenvalue weighted by Gasteiger charge is 2.31. The fourth-order valence-corrected chi connectivity index (χ4v) is 3.19. The molecule has 2 aliphatic rings. The largest absolute Gasteiger partial charge is 0.356 e. The van der Waals surface area contributed by atoms with Crippen molar-refractivity contribution in [2.75, 3.05) is 18.0 Å². The Morgan fingerprint density at radius 3 is 2.74 bits per heavy atom. The van der Waals surface area contributed by atoms with Crippen molar-refractivity contribution in [3.8, 4) is 0 Å². The van der Waals surface area contributed by atoms with E-state index >= 15 is 0 Å². The molecule has 23 heavy (non-hydrogen) atoms. The van der Waals surface area contributed by atoms with Gasteiger partial charge in [0.15, 0.2) is 0 Å². The molecule has 118 valence electrons. The first-order chi connectivity index (χ1) is 11.1. The third-order valence-corrected chi connectivity index (χ3v) is 4.97. The molecular formula is C17H17ClN4O. The Balaban J connectivity index is 1.60. The van der Waals surface area contributed by atoms with Gasteiger partial charge in [-0.3, -0.25) is 4.79 Å². The molecule has 0 spiro atoms. The van der Waals surface area contributed by atoms with Crippen LogP contribution in [0.5, 0.6) is 0 Å². The minimum atomic E-state index is 0.0114. The molecule has 5 nitrogen and oxygen atoms in total. The predicted octanol–water partition coefficient (Wildman–Crippen LogP) is 2.80. The maximum atomic E-state index is 12.8. The number of nitrogens with zero attached hydrogens (tertiary/aromatic N) is 4.